The van der Waals surface area contributed by atoms with E-state index in [1.165, 1.54) is 6.20 Å². The number of rotatable bonds is 10. The molecule has 0 spiro atoms. The van der Waals surface area contributed by atoms with Gasteiger partial charge in [0.25, 0.3) is 0 Å². The Labute approximate surface area is 164 Å². The van der Waals surface area contributed by atoms with E-state index >= 15 is 0 Å². The highest BCUT2D eigenvalue weighted by molar-refractivity contribution is 5.92. The smallest absolute Gasteiger partial charge is 0.341 e. The van der Waals surface area contributed by atoms with E-state index in [2.05, 4.69) is 11.9 Å². The molecule has 154 valence electrons. The van der Waals surface area contributed by atoms with Crippen LogP contribution in [0, 0.1) is 5.82 Å². The SMILES string of the molecule is CCCCCn1cc(C(=O)O)c(=O)c2cc(F)c(N(CC)CC(N)CC)nc21. The molecular formula is C20H29FN4O3. The predicted molar refractivity (Wildman–Crippen MR) is 109 cm³/mol. The molecule has 0 aliphatic rings. The molecule has 0 bridgehead atoms. The van der Waals surface area contributed by atoms with Crippen molar-refractivity contribution in [1.82, 2.24) is 9.55 Å². The topological polar surface area (TPSA) is 101 Å². The van der Waals surface area contributed by atoms with Crippen LogP contribution in [0.4, 0.5) is 10.2 Å². The summed E-state index contributed by atoms with van der Waals surface area (Å²) in [6.07, 6.45) is 4.81. The Balaban J connectivity index is 2.66. The summed E-state index contributed by atoms with van der Waals surface area (Å²) in [5.41, 5.74) is 5.22. The van der Waals surface area contributed by atoms with Gasteiger partial charge in [0.2, 0.25) is 5.43 Å². The Kier molecular flexibility index (Phi) is 7.51. The van der Waals surface area contributed by atoms with Gasteiger partial charge >= 0.3 is 5.97 Å². The summed E-state index contributed by atoms with van der Waals surface area (Å²) in [6.45, 7) is 7.36. The largest absolute Gasteiger partial charge is 0.477 e. The summed E-state index contributed by atoms with van der Waals surface area (Å²) >= 11 is 0. The molecule has 2 aromatic heterocycles. The lowest BCUT2D eigenvalue weighted by atomic mass is 10.1. The second-order valence-electron chi connectivity index (χ2n) is 6.95. The van der Waals surface area contributed by atoms with Crippen LogP contribution in [0.5, 0.6) is 0 Å². The van der Waals surface area contributed by atoms with Gasteiger partial charge in [0, 0.05) is 31.9 Å². The summed E-state index contributed by atoms with van der Waals surface area (Å²) in [5, 5.41) is 9.33. The van der Waals surface area contributed by atoms with E-state index in [4.69, 9.17) is 5.73 Å². The van der Waals surface area contributed by atoms with Crippen molar-refractivity contribution in [3.63, 3.8) is 0 Å². The zero-order valence-electron chi connectivity index (χ0n) is 16.7. The third-order valence-corrected chi connectivity index (χ3v) is 4.88. The molecule has 0 fully saturated rings. The third-order valence-electron chi connectivity index (χ3n) is 4.88. The number of anilines is 1. The minimum atomic E-state index is -1.33. The van der Waals surface area contributed by atoms with Crippen LogP contribution in [0.1, 0.15) is 56.8 Å². The molecule has 28 heavy (non-hydrogen) atoms. The highest BCUT2D eigenvalue weighted by Crippen LogP contribution is 2.22. The molecule has 0 amide bonds. The highest BCUT2D eigenvalue weighted by atomic mass is 19.1. The Hall–Kier alpha value is -2.48. The first-order valence-corrected chi connectivity index (χ1v) is 9.81. The van der Waals surface area contributed by atoms with E-state index in [-0.39, 0.29) is 22.8 Å². The molecule has 0 aliphatic carbocycles. The zero-order chi connectivity index (χ0) is 20.8. The van der Waals surface area contributed by atoms with Gasteiger partial charge in [-0.1, -0.05) is 26.7 Å². The van der Waals surface area contributed by atoms with Crippen LogP contribution in [0.15, 0.2) is 17.1 Å². The quantitative estimate of drug-likeness (QED) is 0.603. The van der Waals surface area contributed by atoms with Crippen LogP contribution in [-0.4, -0.2) is 39.8 Å². The molecule has 1 atom stereocenters. The Morgan fingerprint density at radius 3 is 2.64 bits per heavy atom. The number of unbranched alkanes of at least 4 members (excludes halogenated alkanes) is 2. The minimum Gasteiger partial charge on any atom is -0.477 e. The fraction of sp³-hybridized carbons (Fsp3) is 0.550. The third kappa shape index (κ3) is 4.67. The van der Waals surface area contributed by atoms with E-state index < -0.39 is 17.2 Å². The number of fused-ring (bicyclic) bond motifs is 1. The lowest BCUT2D eigenvalue weighted by Gasteiger charge is -2.26. The average molecular weight is 392 g/mol. The van der Waals surface area contributed by atoms with Crippen molar-refractivity contribution in [2.24, 2.45) is 5.73 Å². The molecule has 8 heteroatoms. The molecule has 2 rings (SSSR count). The molecular weight excluding hydrogens is 363 g/mol. The van der Waals surface area contributed by atoms with Gasteiger partial charge in [-0.25, -0.2) is 14.2 Å². The maximum Gasteiger partial charge on any atom is 0.341 e. The van der Waals surface area contributed by atoms with E-state index in [9.17, 15) is 19.1 Å². The molecule has 0 saturated heterocycles. The number of halogens is 1. The van der Waals surface area contributed by atoms with Gasteiger partial charge in [-0.05, 0) is 25.8 Å². The monoisotopic (exact) mass is 392 g/mol. The number of pyridine rings is 2. The standard InChI is InChI=1S/C20H29FN4O3/c1-4-7-8-9-25-12-15(20(27)28)17(26)14-10-16(21)19(23-18(14)25)24(6-3)11-13(22)5-2/h10,12-13H,4-9,11,22H2,1-3H3,(H,27,28). The van der Waals surface area contributed by atoms with Crippen molar-refractivity contribution in [3.05, 3.63) is 33.9 Å². The van der Waals surface area contributed by atoms with E-state index in [0.717, 1.165) is 31.7 Å². The first-order valence-electron chi connectivity index (χ1n) is 9.81. The summed E-state index contributed by atoms with van der Waals surface area (Å²) in [6, 6.07) is 0.973. The van der Waals surface area contributed by atoms with Crippen LogP contribution >= 0.6 is 0 Å². The number of nitrogens with zero attached hydrogens (tertiary/aromatic N) is 3. The number of carbonyl (C=O) groups is 1. The fourth-order valence-corrected chi connectivity index (χ4v) is 3.13. The number of aryl methyl sites for hydroxylation is 1. The second-order valence-corrected chi connectivity index (χ2v) is 6.95. The molecule has 2 heterocycles. The number of hydrogen-bond donors (Lipinski definition) is 2. The number of carboxylic acid groups (broad SMARTS) is 1. The first-order chi connectivity index (χ1) is 13.3. The summed E-state index contributed by atoms with van der Waals surface area (Å²) in [5.74, 6) is -1.85. The highest BCUT2D eigenvalue weighted by Gasteiger charge is 2.21. The molecule has 0 saturated carbocycles. The molecule has 0 aliphatic heterocycles. The second kappa shape index (κ2) is 9.64. The Morgan fingerprint density at radius 2 is 2.07 bits per heavy atom. The molecule has 1 unspecified atom stereocenters. The number of hydrogen-bond acceptors (Lipinski definition) is 5. The van der Waals surface area contributed by atoms with Crippen LogP contribution in [-0.2, 0) is 6.54 Å². The van der Waals surface area contributed by atoms with Crippen molar-refractivity contribution in [3.8, 4) is 0 Å². The maximum atomic E-state index is 14.8. The van der Waals surface area contributed by atoms with Crippen LogP contribution in [0.3, 0.4) is 0 Å². The van der Waals surface area contributed by atoms with E-state index in [1.807, 2.05) is 13.8 Å². The fourth-order valence-electron chi connectivity index (χ4n) is 3.13. The van der Waals surface area contributed by atoms with Crippen molar-refractivity contribution in [2.45, 2.75) is 59.0 Å². The molecule has 3 N–H and O–H groups in total. The van der Waals surface area contributed by atoms with Crippen molar-refractivity contribution < 1.29 is 14.3 Å². The molecule has 0 radical (unpaired) electrons. The van der Waals surface area contributed by atoms with Gasteiger partial charge in [0.05, 0.1) is 5.39 Å². The van der Waals surface area contributed by atoms with Crippen molar-refractivity contribution >= 4 is 22.8 Å². The van der Waals surface area contributed by atoms with Crippen LogP contribution in [0.2, 0.25) is 0 Å². The van der Waals surface area contributed by atoms with Gasteiger partial charge in [-0.15, -0.1) is 0 Å². The number of aromatic nitrogens is 2. The summed E-state index contributed by atoms with van der Waals surface area (Å²) in [4.78, 5) is 30.2. The normalized spacial score (nSPS) is 12.3. The number of likely N-dealkylation sites (N-methyl/N-ethyl adjacent to an activating group) is 1. The summed E-state index contributed by atoms with van der Waals surface area (Å²) < 4.78 is 16.5. The summed E-state index contributed by atoms with van der Waals surface area (Å²) in [7, 11) is 0. The van der Waals surface area contributed by atoms with Gasteiger partial charge in [-0.3, -0.25) is 4.79 Å². The lowest BCUT2D eigenvalue weighted by Crippen LogP contribution is -2.38. The number of carboxylic acids is 1. The van der Waals surface area contributed by atoms with Crippen LogP contribution in [0.25, 0.3) is 11.0 Å². The maximum absolute atomic E-state index is 14.8. The average Bonchev–Trinajstić information content (AvgIpc) is 2.67. The zero-order valence-corrected chi connectivity index (χ0v) is 16.7. The van der Waals surface area contributed by atoms with Gasteiger partial charge in [0.15, 0.2) is 11.6 Å². The van der Waals surface area contributed by atoms with Crippen LogP contribution < -0.4 is 16.1 Å². The Morgan fingerprint density at radius 1 is 1.36 bits per heavy atom. The van der Waals surface area contributed by atoms with Gasteiger partial charge in [-0.2, -0.15) is 0 Å². The van der Waals surface area contributed by atoms with E-state index in [0.29, 0.717) is 25.3 Å². The predicted octanol–water partition coefficient (Wildman–Crippen LogP) is 2.99. The number of nitrogens with two attached hydrogens (primary N) is 1. The molecule has 2 aromatic rings. The molecule has 0 aromatic carbocycles. The Bertz CT molecular complexity index is 897. The van der Waals surface area contributed by atoms with E-state index in [1.54, 1.807) is 9.47 Å². The van der Waals surface area contributed by atoms with Gasteiger partial charge < -0.3 is 20.3 Å². The minimum absolute atomic E-state index is 0.0199. The van der Waals surface area contributed by atoms with Crippen molar-refractivity contribution in [1.29, 1.82) is 0 Å². The lowest BCUT2D eigenvalue weighted by molar-refractivity contribution is 0.0694. The number of aromatic carboxylic acids is 1. The molecule has 7 nitrogen and oxygen atoms in total. The van der Waals surface area contributed by atoms with Crippen molar-refractivity contribution in [2.75, 3.05) is 18.0 Å². The first kappa shape index (κ1) is 21.8. The van der Waals surface area contributed by atoms with Gasteiger partial charge in [0.1, 0.15) is 11.2 Å².